The third kappa shape index (κ3) is 3.07. The molecule has 3 rings (SSSR count). The predicted molar refractivity (Wildman–Crippen MR) is 80.9 cm³/mol. The van der Waals surface area contributed by atoms with E-state index in [1.165, 1.54) is 11.8 Å². The first-order valence-corrected chi connectivity index (χ1v) is 7.83. The number of amides is 1. The molecule has 1 fully saturated rings. The fraction of sp³-hybridized carbons (Fsp3) is 0.429. The summed E-state index contributed by atoms with van der Waals surface area (Å²) >= 11 is 1.45. The fourth-order valence-corrected chi connectivity index (χ4v) is 2.97. The van der Waals surface area contributed by atoms with Crippen LogP contribution in [0.15, 0.2) is 29.7 Å². The lowest BCUT2D eigenvalue weighted by Gasteiger charge is -2.11. The molecule has 0 bridgehead atoms. The van der Waals surface area contributed by atoms with Gasteiger partial charge >= 0.3 is 0 Å². The van der Waals surface area contributed by atoms with Crippen LogP contribution in [0.4, 0.5) is 0 Å². The first kappa shape index (κ1) is 14.1. The summed E-state index contributed by atoms with van der Waals surface area (Å²) < 4.78 is 2.14. The highest BCUT2D eigenvalue weighted by Crippen LogP contribution is 2.40. The van der Waals surface area contributed by atoms with Crippen LogP contribution in [0.2, 0.25) is 0 Å². The number of carbonyl (C=O) groups excluding carboxylic acids is 1. The molecule has 0 spiro atoms. The van der Waals surface area contributed by atoms with E-state index in [-0.39, 0.29) is 5.91 Å². The fourth-order valence-electron chi connectivity index (χ4n) is 1.98. The molecule has 0 aromatic carbocycles. The van der Waals surface area contributed by atoms with Crippen LogP contribution in [0.1, 0.15) is 18.9 Å². The lowest BCUT2D eigenvalue weighted by atomic mass is 10.3. The average Bonchev–Trinajstić information content (AvgIpc) is 3.25. The van der Waals surface area contributed by atoms with Crippen LogP contribution >= 0.6 is 11.8 Å². The largest absolute Gasteiger partial charge is 0.348 e. The summed E-state index contributed by atoms with van der Waals surface area (Å²) in [5, 5.41) is 9.37. The first-order valence-electron chi connectivity index (χ1n) is 6.85. The van der Waals surface area contributed by atoms with E-state index in [1.54, 1.807) is 31.4 Å². The van der Waals surface area contributed by atoms with Crippen LogP contribution in [0, 0.1) is 0 Å². The SMILES string of the molecule is CN(C)C(=O)CSc1nnc(-c2cccnc2)n1C1CC1. The summed E-state index contributed by atoms with van der Waals surface area (Å²) in [5.74, 6) is 1.30. The second-order valence-electron chi connectivity index (χ2n) is 5.23. The number of rotatable bonds is 5. The molecule has 2 heterocycles. The molecule has 1 saturated carbocycles. The van der Waals surface area contributed by atoms with Gasteiger partial charge in [0.15, 0.2) is 11.0 Å². The van der Waals surface area contributed by atoms with Gasteiger partial charge in [-0.25, -0.2) is 0 Å². The van der Waals surface area contributed by atoms with Gasteiger partial charge in [0.1, 0.15) is 0 Å². The third-order valence-electron chi connectivity index (χ3n) is 3.32. The molecular weight excluding hydrogens is 286 g/mol. The van der Waals surface area contributed by atoms with E-state index >= 15 is 0 Å². The van der Waals surface area contributed by atoms with Crippen molar-refractivity contribution < 1.29 is 4.79 Å². The van der Waals surface area contributed by atoms with Crippen molar-refractivity contribution in [1.82, 2.24) is 24.6 Å². The maximum absolute atomic E-state index is 11.7. The van der Waals surface area contributed by atoms with Gasteiger partial charge in [0.05, 0.1) is 5.75 Å². The Labute approximate surface area is 127 Å². The highest BCUT2D eigenvalue weighted by molar-refractivity contribution is 7.99. The molecule has 0 N–H and O–H groups in total. The zero-order valence-electron chi connectivity index (χ0n) is 12.1. The molecule has 21 heavy (non-hydrogen) atoms. The van der Waals surface area contributed by atoms with Crippen LogP contribution in [0.25, 0.3) is 11.4 Å². The average molecular weight is 303 g/mol. The van der Waals surface area contributed by atoms with E-state index in [2.05, 4.69) is 19.7 Å². The van der Waals surface area contributed by atoms with Crippen molar-refractivity contribution in [3.05, 3.63) is 24.5 Å². The lowest BCUT2D eigenvalue weighted by molar-refractivity contribution is -0.125. The molecule has 0 radical (unpaired) electrons. The summed E-state index contributed by atoms with van der Waals surface area (Å²) in [6.45, 7) is 0. The van der Waals surface area contributed by atoms with Gasteiger partial charge in [-0.15, -0.1) is 10.2 Å². The van der Waals surface area contributed by atoms with Crippen molar-refractivity contribution in [2.24, 2.45) is 0 Å². The van der Waals surface area contributed by atoms with E-state index in [0.29, 0.717) is 11.8 Å². The van der Waals surface area contributed by atoms with Crippen molar-refractivity contribution >= 4 is 17.7 Å². The summed E-state index contributed by atoms with van der Waals surface area (Å²) in [6.07, 6.45) is 5.82. The standard InChI is InChI=1S/C14H17N5OS/c1-18(2)12(20)9-21-14-17-16-13(19(14)11-5-6-11)10-4-3-7-15-8-10/h3-4,7-8,11H,5-6,9H2,1-2H3. The van der Waals surface area contributed by atoms with Crippen LogP contribution in [-0.2, 0) is 4.79 Å². The molecule has 6 nitrogen and oxygen atoms in total. The molecule has 110 valence electrons. The molecule has 0 saturated heterocycles. The highest BCUT2D eigenvalue weighted by atomic mass is 32.2. The zero-order chi connectivity index (χ0) is 14.8. The molecule has 1 aliphatic carbocycles. The first-order chi connectivity index (χ1) is 10.2. The molecule has 2 aromatic rings. The van der Waals surface area contributed by atoms with Crippen molar-refractivity contribution in [3.8, 4) is 11.4 Å². The van der Waals surface area contributed by atoms with Gasteiger partial charge in [0.25, 0.3) is 0 Å². The monoisotopic (exact) mass is 303 g/mol. The molecular formula is C14H17N5OS. The summed E-state index contributed by atoms with van der Waals surface area (Å²) in [5.41, 5.74) is 0.961. The second kappa shape index (κ2) is 5.85. The van der Waals surface area contributed by atoms with Crippen molar-refractivity contribution in [3.63, 3.8) is 0 Å². The number of hydrogen-bond acceptors (Lipinski definition) is 5. The number of aromatic nitrogens is 4. The van der Waals surface area contributed by atoms with Gasteiger partial charge in [0, 0.05) is 38.1 Å². The quantitative estimate of drug-likeness (QED) is 0.789. The number of thioether (sulfide) groups is 1. The van der Waals surface area contributed by atoms with Gasteiger partial charge in [0.2, 0.25) is 5.91 Å². The summed E-state index contributed by atoms with van der Waals surface area (Å²) in [6, 6.07) is 4.33. The third-order valence-corrected chi connectivity index (χ3v) is 4.25. The topological polar surface area (TPSA) is 63.9 Å². The lowest BCUT2D eigenvalue weighted by Crippen LogP contribution is -2.23. The van der Waals surface area contributed by atoms with Crippen molar-refractivity contribution in [2.45, 2.75) is 24.0 Å². The van der Waals surface area contributed by atoms with Crippen LogP contribution < -0.4 is 0 Å². The Balaban J connectivity index is 1.85. The zero-order valence-corrected chi connectivity index (χ0v) is 12.9. The number of nitrogens with zero attached hydrogens (tertiary/aromatic N) is 5. The number of pyridine rings is 1. The van der Waals surface area contributed by atoms with E-state index in [9.17, 15) is 4.79 Å². The minimum Gasteiger partial charge on any atom is -0.348 e. The van der Waals surface area contributed by atoms with Gasteiger partial charge in [-0.2, -0.15) is 0 Å². The van der Waals surface area contributed by atoms with Gasteiger partial charge in [-0.1, -0.05) is 11.8 Å². The molecule has 0 unspecified atom stereocenters. The Bertz CT molecular complexity index is 636. The highest BCUT2D eigenvalue weighted by Gasteiger charge is 2.30. The Kier molecular flexibility index (Phi) is 3.92. The van der Waals surface area contributed by atoms with E-state index in [4.69, 9.17) is 0 Å². The molecule has 7 heteroatoms. The molecule has 0 aliphatic heterocycles. The predicted octanol–water partition coefficient (Wildman–Crippen LogP) is 1.86. The van der Waals surface area contributed by atoms with Crippen LogP contribution in [0.5, 0.6) is 0 Å². The van der Waals surface area contributed by atoms with Gasteiger partial charge in [-0.05, 0) is 25.0 Å². The maximum Gasteiger partial charge on any atom is 0.232 e. The maximum atomic E-state index is 11.7. The summed E-state index contributed by atoms with van der Waals surface area (Å²) in [7, 11) is 3.52. The molecule has 1 amide bonds. The Hall–Kier alpha value is -1.89. The van der Waals surface area contributed by atoms with Crippen LogP contribution in [0.3, 0.4) is 0 Å². The Morgan fingerprint density at radius 3 is 2.86 bits per heavy atom. The Morgan fingerprint density at radius 1 is 1.43 bits per heavy atom. The van der Waals surface area contributed by atoms with Crippen molar-refractivity contribution in [1.29, 1.82) is 0 Å². The molecule has 1 aliphatic rings. The summed E-state index contributed by atoms with van der Waals surface area (Å²) in [4.78, 5) is 17.5. The minimum absolute atomic E-state index is 0.0771. The normalized spacial score (nSPS) is 14.2. The molecule has 2 aromatic heterocycles. The minimum atomic E-state index is 0.0771. The second-order valence-corrected chi connectivity index (χ2v) is 6.17. The number of hydrogen-bond donors (Lipinski definition) is 0. The van der Waals surface area contributed by atoms with Crippen LogP contribution in [-0.4, -0.2) is 50.4 Å². The van der Waals surface area contributed by atoms with E-state index in [0.717, 1.165) is 29.4 Å². The van der Waals surface area contributed by atoms with Gasteiger partial charge in [-0.3, -0.25) is 14.3 Å². The molecule has 0 atom stereocenters. The Morgan fingerprint density at radius 2 is 2.24 bits per heavy atom. The van der Waals surface area contributed by atoms with Gasteiger partial charge < -0.3 is 4.90 Å². The van der Waals surface area contributed by atoms with E-state index in [1.807, 2.05) is 12.1 Å². The number of carbonyl (C=O) groups is 1. The van der Waals surface area contributed by atoms with E-state index < -0.39 is 0 Å². The van der Waals surface area contributed by atoms with Crippen molar-refractivity contribution in [2.75, 3.05) is 19.8 Å². The smallest absolute Gasteiger partial charge is 0.232 e.